The Morgan fingerprint density at radius 1 is 1.06 bits per heavy atom. The van der Waals surface area contributed by atoms with Crippen LogP contribution in [0.1, 0.15) is 5.69 Å². The monoisotopic (exact) mass is 464 g/mol. The van der Waals surface area contributed by atoms with Crippen molar-refractivity contribution in [2.75, 3.05) is 31.1 Å². The summed E-state index contributed by atoms with van der Waals surface area (Å²) in [5.41, 5.74) is 5.43. The molecule has 172 valence electrons. The minimum absolute atomic E-state index is 0.347. The molecular weight excluding hydrogens is 435 g/mol. The highest BCUT2D eigenvalue weighted by Gasteiger charge is 2.18. The van der Waals surface area contributed by atoms with Gasteiger partial charge in [-0.25, -0.2) is 15.0 Å². The van der Waals surface area contributed by atoms with Gasteiger partial charge < -0.3 is 19.4 Å². The van der Waals surface area contributed by atoms with Crippen molar-refractivity contribution in [3.05, 3.63) is 60.7 Å². The molecule has 3 aromatic heterocycles. The molecule has 4 rings (SSSR count). The first-order valence-corrected chi connectivity index (χ1v) is 13.7. The third kappa shape index (κ3) is 5.62. The van der Waals surface area contributed by atoms with E-state index < -0.39 is 17.1 Å². The van der Waals surface area contributed by atoms with Crippen molar-refractivity contribution in [2.24, 2.45) is 0 Å². The summed E-state index contributed by atoms with van der Waals surface area (Å²) in [7, 11) is -2.18. The van der Waals surface area contributed by atoms with Gasteiger partial charge in [-0.2, -0.15) is 0 Å². The average Bonchev–Trinajstić information content (AvgIpc) is 3.19. The molecule has 2 N–H and O–H groups in total. The number of pyridine rings is 2. The predicted octanol–water partition coefficient (Wildman–Crippen LogP) is 2.82. The maximum atomic E-state index is 9.52. The maximum Gasteiger partial charge on any atom is 0.490 e. The number of nitrogens with zero attached hydrogens (tertiary/aromatic N) is 4. The Bertz CT molecular complexity index is 1270. The van der Waals surface area contributed by atoms with Crippen LogP contribution in [0.15, 0.2) is 55.0 Å². The molecule has 0 fully saturated rings. The average molecular weight is 464 g/mol. The lowest BCUT2D eigenvalue weighted by molar-refractivity contribution is 0.0906. The lowest BCUT2D eigenvalue weighted by Gasteiger charge is -2.24. The number of rotatable bonds is 8. The fourth-order valence-electron chi connectivity index (χ4n) is 3.54. The van der Waals surface area contributed by atoms with E-state index in [0.29, 0.717) is 18.8 Å². The molecule has 0 spiro atoms. The number of aromatic nitrogens is 4. The number of aryl methyl sites for hydroxylation is 1. The van der Waals surface area contributed by atoms with Crippen LogP contribution in [-0.2, 0) is 11.5 Å². The Morgan fingerprint density at radius 3 is 2.61 bits per heavy atom. The summed E-state index contributed by atoms with van der Waals surface area (Å²) >= 11 is 0. The molecule has 0 saturated carbocycles. The topological polar surface area (TPSA) is 93.3 Å². The van der Waals surface area contributed by atoms with Crippen LogP contribution in [0.3, 0.4) is 0 Å². The molecule has 1 aromatic carbocycles. The van der Waals surface area contributed by atoms with Gasteiger partial charge in [0, 0.05) is 34.1 Å². The molecule has 0 bridgehead atoms. The Morgan fingerprint density at radius 2 is 1.88 bits per heavy atom. The van der Waals surface area contributed by atoms with Crippen molar-refractivity contribution in [1.29, 1.82) is 0 Å². The molecule has 0 unspecified atom stereocenters. The van der Waals surface area contributed by atoms with Gasteiger partial charge in [0.05, 0.1) is 35.5 Å². The normalized spacial score (nSPS) is 12.3. The van der Waals surface area contributed by atoms with Crippen LogP contribution in [-0.4, -0.2) is 67.8 Å². The molecule has 4 aromatic rings. The molecule has 0 atom stereocenters. The SMILES string of the molecule is Cc1cccc(-c2c(-c3ccc4ncc(B(O)O)cc4c3)ncn2COCCS(C)(C)C)n1. The van der Waals surface area contributed by atoms with Gasteiger partial charge in [0.25, 0.3) is 0 Å². The van der Waals surface area contributed by atoms with Gasteiger partial charge in [-0.15, -0.1) is 0 Å². The third-order valence-electron chi connectivity index (χ3n) is 5.31. The Hall–Kier alpha value is -2.72. The molecule has 0 amide bonds. The van der Waals surface area contributed by atoms with Crippen molar-refractivity contribution < 1.29 is 14.8 Å². The van der Waals surface area contributed by atoms with E-state index in [-0.39, 0.29) is 0 Å². The number of hydrogen-bond donors (Lipinski definition) is 2. The first kappa shape index (κ1) is 23.4. The molecule has 33 heavy (non-hydrogen) atoms. The zero-order chi connectivity index (χ0) is 23.6. The third-order valence-corrected chi connectivity index (χ3v) is 6.70. The van der Waals surface area contributed by atoms with E-state index >= 15 is 0 Å². The number of benzene rings is 1. The molecule has 7 nitrogen and oxygen atoms in total. The minimum atomic E-state index is -1.57. The molecule has 0 aliphatic heterocycles. The molecular formula is C24H29BN4O3S. The first-order chi connectivity index (χ1) is 15.7. The second kappa shape index (κ2) is 9.65. The zero-order valence-electron chi connectivity index (χ0n) is 19.4. The number of hydrogen-bond acceptors (Lipinski definition) is 6. The quantitative estimate of drug-likeness (QED) is 0.308. The van der Waals surface area contributed by atoms with E-state index in [1.54, 1.807) is 12.4 Å². The number of ether oxygens (including phenoxy) is 1. The fourth-order valence-corrected chi connectivity index (χ4v) is 4.16. The van der Waals surface area contributed by atoms with Gasteiger partial charge in [0.15, 0.2) is 0 Å². The Kier molecular flexibility index (Phi) is 6.85. The lowest BCUT2D eigenvalue weighted by Crippen LogP contribution is -2.29. The Labute approximate surface area is 196 Å². The van der Waals surface area contributed by atoms with Crippen molar-refractivity contribution in [2.45, 2.75) is 13.7 Å². The molecule has 0 radical (unpaired) electrons. The second-order valence-corrected chi connectivity index (χ2v) is 13.5. The summed E-state index contributed by atoms with van der Waals surface area (Å²) < 4.78 is 7.99. The van der Waals surface area contributed by atoms with E-state index in [4.69, 9.17) is 14.7 Å². The van der Waals surface area contributed by atoms with E-state index in [2.05, 4.69) is 23.8 Å². The van der Waals surface area contributed by atoms with Crippen LogP contribution in [0.5, 0.6) is 0 Å². The van der Waals surface area contributed by atoms with Gasteiger partial charge >= 0.3 is 7.12 Å². The zero-order valence-corrected chi connectivity index (χ0v) is 20.2. The van der Waals surface area contributed by atoms with E-state index in [1.165, 1.54) is 6.20 Å². The second-order valence-electron chi connectivity index (χ2n) is 8.96. The van der Waals surface area contributed by atoms with Crippen LogP contribution in [0.4, 0.5) is 0 Å². The van der Waals surface area contributed by atoms with Crippen LogP contribution < -0.4 is 5.46 Å². The van der Waals surface area contributed by atoms with E-state index in [9.17, 15) is 10.0 Å². The van der Waals surface area contributed by atoms with Crippen molar-refractivity contribution in [1.82, 2.24) is 19.5 Å². The van der Waals surface area contributed by atoms with Gasteiger partial charge in [-0.05, 0) is 50.0 Å². The summed E-state index contributed by atoms with van der Waals surface area (Å²) in [6, 6.07) is 13.5. The van der Waals surface area contributed by atoms with E-state index in [1.807, 2.05) is 47.9 Å². The summed E-state index contributed by atoms with van der Waals surface area (Å²) in [6.45, 7) is 3.06. The lowest BCUT2D eigenvalue weighted by atomic mass is 9.81. The maximum absolute atomic E-state index is 9.52. The number of fused-ring (bicyclic) bond motifs is 1. The molecule has 3 heterocycles. The highest BCUT2D eigenvalue weighted by molar-refractivity contribution is 8.32. The van der Waals surface area contributed by atoms with Crippen molar-refractivity contribution in [3.63, 3.8) is 0 Å². The summed E-state index contributed by atoms with van der Waals surface area (Å²) in [4.78, 5) is 13.8. The fraction of sp³-hybridized carbons (Fsp3) is 0.292. The Balaban J connectivity index is 1.74. The minimum Gasteiger partial charge on any atom is -0.423 e. The standard InChI is InChI=1S/C24H29BN4O3S/c1-17-6-5-7-22(28-17)24-23(27-15-29(24)16-32-10-11-33(2,3)4)18-8-9-21-19(12-18)13-20(14-26-21)25(30)31/h5-9,12-15,30-31H,10-11,16H2,1-4H3. The predicted molar refractivity (Wildman–Crippen MR) is 137 cm³/mol. The summed E-state index contributed by atoms with van der Waals surface area (Å²) in [5, 5.41) is 19.9. The largest absolute Gasteiger partial charge is 0.490 e. The van der Waals surface area contributed by atoms with Gasteiger partial charge in [0.1, 0.15) is 6.73 Å². The van der Waals surface area contributed by atoms with Crippen LogP contribution in [0.2, 0.25) is 0 Å². The molecule has 0 saturated heterocycles. The molecule has 0 aliphatic rings. The summed E-state index contributed by atoms with van der Waals surface area (Å²) in [5.74, 6) is 1.04. The van der Waals surface area contributed by atoms with Crippen LogP contribution in [0, 0.1) is 6.92 Å². The van der Waals surface area contributed by atoms with Gasteiger partial charge in [-0.3, -0.25) is 9.97 Å². The smallest absolute Gasteiger partial charge is 0.423 e. The van der Waals surface area contributed by atoms with Crippen LogP contribution >= 0.6 is 10.0 Å². The van der Waals surface area contributed by atoms with E-state index in [0.717, 1.165) is 45.0 Å². The first-order valence-electron chi connectivity index (χ1n) is 10.7. The highest BCUT2D eigenvalue weighted by atomic mass is 32.3. The molecule has 0 aliphatic carbocycles. The molecule has 9 heteroatoms. The summed E-state index contributed by atoms with van der Waals surface area (Å²) in [6.07, 6.45) is 10.1. The highest BCUT2D eigenvalue weighted by Crippen LogP contribution is 2.34. The van der Waals surface area contributed by atoms with Gasteiger partial charge in [0.2, 0.25) is 0 Å². The van der Waals surface area contributed by atoms with Gasteiger partial charge in [-0.1, -0.05) is 18.2 Å². The van der Waals surface area contributed by atoms with Crippen molar-refractivity contribution in [3.8, 4) is 22.6 Å². The van der Waals surface area contributed by atoms with Crippen LogP contribution in [0.25, 0.3) is 33.5 Å². The number of imidazole rings is 1. The van der Waals surface area contributed by atoms with Crippen molar-refractivity contribution >= 4 is 33.5 Å².